The number of H-pyrrole nitrogens is 1. The van der Waals surface area contributed by atoms with Crippen LogP contribution in [0.3, 0.4) is 0 Å². The Kier molecular flexibility index (Phi) is 4.02. The second-order valence-corrected chi connectivity index (χ2v) is 6.48. The van der Waals surface area contributed by atoms with E-state index in [1.807, 2.05) is 37.3 Å². The highest BCUT2D eigenvalue weighted by Crippen LogP contribution is 2.32. The summed E-state index contributed by atoms with van der Waals surface area (Å²) in [5.74, 6) is 1.57. The molecule has 3 heterocycles. The van der Waals surface area contributed by atoms with Crippen LogP contribution in [0, 0.1) is 6.92 Å². The lowest BCUT2D eigenvalue weighted by atomic mass is 10.2. The van der Waals surface area contributed by atoms with Crippen molar-refractivity contribution in [1.82, 2.24) is 19.7 Å². The molecule has 5 rings (SSSR count). The summed E-state index contributed by atoms with van der Waals surface area (Å²) >= 11 is 0. The molecule has 0 saturated carbocycles. The number of hydrogen-bond donors (Lipinski definition) is 1. The average molecular weight is 388 g/mol. The van der Waals surface area contributed by atoms with Gasteiger partial charge in [-0.15, -0.1) is 0 Å². The number of benzene rings is 2. The highest BCUT2D eigenvalue weighted by atomic mass is 16.7. The summed E-state index contributed by atoms with van der Waals surface area (Å²) in [6, 6.07) is 14.7. The van der Waals surface area contributed by atoms with Crippen LogP contribution in [0.5, 0.6) is 17.4 Å². The molecule has 0 fully saturated rings. The minimum atomic E-state index is -0.528. The quantitative estimate of drug-likeness (QED) is 0.426. The molecule has 0 atom stereocenters. The van der Waals surface area contributed by atoms with Gasteiger partial charge in [-0.3, -0.25) is 0 Å². The van der Waals surface area contributed by atoms with Gasteiger partial charge >= 0.3 is 5.97 Å². The number of nitrogens with zero attached hydrogens (tertiary/aromatic N) is 3. The predicted octanol–water partition coefficient (Wildman–Crippen LogP) is 3.40. The van der Waals surface area contributed by atoms with Crippen molar-refractivity contribution >= 4 is 23.1 Å². The first-order valence-corrected chi connectivity index (χ1v) is 8.97. The SMILES string of the molecule is Cc1cc(OC(=O)/C=C/c2ccc3c(c2)OCO3)n(-c2nc3ccccc3[nH]2)n1. The van der Waals surface area contributed by atoms with E-state index < -0.39 is 5.97 Å². The number of rotatable bonds is 4. The Hall–Kier alpha value is -4.07. The Morgan fingerprint density at radius 2 is 2.03 bits per heavy atom. The molecule has 1 aliphatic heterocycles. The molecule has 0 amide bonds. The number of aromatic amines is 1. The smallest absolute Gasteiger partial charge is 0.337 e. The van der Waals surface area contributed by atoms with E-state index in [1.54, 1.807) is 24.3 Å². The minimum absolute atomic E-state index is 0.204. The van der Waals surface area contributed by atoms with Crippen molar-refractivity contribution in [2.24, 2.45) is 0 Å². The lowest BCUT2D eigenvalue weighted by molar-refractivity contribution is -0.129. The molecule has 144 valence electrons. The zero-order valence-corrected chi connectivity index (χ0v) is 15.5. The number of aryl methyl sites for hydroxylation is 1. The van der Waals surface area contributed by atoms with Gasteiger partial charge in [0, 0.05) is 12.1 Å². The van der Waals surface area contributed by atoms with Crippen LogP contribution < -0.4 is 14.2 Å². The van der Waals surface area contributed by atoms with Gasteiger partial charge in [0.1, 0.15) is 0 Å². The Morgan fingerprint density at radius 1 is 1.17 bits per heavy atom. The van der Waals surface area contributed by atoms with Crippen LogP contribution in [-0.4, -0.2) is 32.5 Å². The molecule has 2 aromatic carbocycles. The first kappa shape index (κ1) is 17.1. The van der Waals surface area contributed by atoms with Gasteiger partial charge in [-0.25, -0.2) is 9.78 Å². The summed E-state index contributed by atoms with van der Waals surface area (Å²) in [4.78, 5) is 20.0. The standard InChI is InChI=1S/C21H16N4O4/c1-13-10-19(25(24-13)21-22-15-4-2-3-5-16(15)23-21)29-20(26)9-7-14-6-8-17-18(11-14)28-12-27-17/h2-11H,12H2,1H3,(H,22,23)/b9-7+. The van der Waals surface area contributed by atoms with Gasteiger partial charge in [-0.2, -0.15) is 9.78 Å². The van der Waals surface area contributed by atoms with Crippen LogP contribution in [0.1, 0.15) is 11.3 Å². The third-order valence-corrected chi connectivity index (χ3v) is 4.39. The van der Waals surface area contributed by atoms with Crippen molar-refractivity contribution in [3.05, 3.63) is 65.9 Å². The van der Waals surface area contributed by atoms with Gasteiger partial charge in [0.15, 0.2) is 11.5 Å². The van der Waals surface area contributed by atoms with E-state index in [0.29, 0.717) is 23.1 Å². The molecule has 8 heteroatoms. The third-order valence-electron chi connectivity index (χ3n) is 4.39. The Balaban J connectivity index is 1.37. The number of ether oxygens (including phenoxy) is 3. The summed E-state index contributed by atoms with van der Waals surface area (Å²) in [6.45, 7) is 2.02. The number of carbonyl (C=O) groups excluding carboxylic acids is 1. The number of carbonyl (C=O) groups is 1. The van der Waals surface area contributed by atoms with Crippen LogP contribution in [0.25, 0.3) is 23.1 Å². The first-order valence-electron chi connectivity index (χ1n) is 8.97. The van der Waals surface area contributed by atoms with Crippen molar-refractivity contribution < 1.29 is 19.0 Å². The maximum Gasteiger partial charge on any atom is 0.337 e. The Bertz CT molecular complexity index is 1220. The van der Waals surface area contributed by atoms with E-state index in [1.165, 1.54) is 10.8 Å². The molecule has 0 bridgehead atoms. The molecule has 0 unspecified atom stereocenters. The predicted molar refractivity (Wildman–Crippen MR) is 105 cm³/mol. The molecule has 1 aliphatic rings. The highest BCUT2D eigenvalue weighted by Gasteiger charge is 2.15. The van der Waals surface area contributed by atoms with Crippen molar-refractivity contribution in [2.75, 3.05) is 6.79 Å². The number of esters is 1. The molecule has 8 nitrogen and oxygen atoms in total. The zero-order chi connectivity index (χ0) is 19.8. The van der Waals surface area contributed by atoms with Crippen LogP contribution >= 0.6 is 0 Å². The van der Waals surface area contributed by atoms with E-state index in [-0.39, 0.29) is 12.7 Å². The second kappa shape index (κ2) is 6.83. The largest absolute Gasteiger partial charge is 0.454 e. The molecule has 0 radical (unpaired) electrons. The van der Waals surface area contributed by atoms with Crippen molar-refractivity contribution in [1.29, 1.82) is 0 Å². The lowest BCUT2D eigenvalue weighted by Crippen LogP contribution is -2.09. The monoisotopic (exact) mass is 388 g/mol. The van der Waals surface area contributed by atoms with E-state index in [9.17, 15) is 4.79 Å². The molecule has 2 aromatic heterocycles. The van der Waals surface area contributed by atoms with Crippen molar-refractivity contribution in [3.8, 4) is 23.3 Å². The lowest BCUT2D eigenvalue weighted by Gasteiger charge is -2.03. The fraction of sp³-hybridized carbons (Fsp3) is 0.0952. The molecule has 0 aliphatic carbocycles. The summed E-state index contributed by atoms with van der Waals surface area (Å²) in [5, 5.41) is 4.38. The number of aromatic nitrogens is 4. The third kappa shape index (κ3) is 3.31. The topological polar surface area (TPSA) is 91.3 Å². The maximum absolute atomic E-state index is 12.3. The van der Waals surface area contributed by atoms with Crippen LogP contribution in [0.4, 0.5) is 0 Å². The van der Waals surface area contributed by atoms with Crippen LogP contribution in [0.15, 0.2) is 54.6 Å². The van der Waals surface area contributed by atoms with Gasteiger partial charge in [0.25, 0.3) is 0 Å². The van der Waals surface area contributed by atoms with Gasteiger partial charge < -0.3 is 19.2 Å². The first-order chi connectivity index (χ1) is 14.2. The molecule has 1 N–H and O–H groups in total. The summed E-state index contributed by atoms with van der Waals surface area (Å²) in [5.41, 5.74) is 3.17. The van der Waals surface area contributed by atoms with Gasteiger partial charge in [-0.1, -0.05) is 18.2 Å². The molecule has 29 heavy (non-hydrogen) atoms. The van der Waals surface area contributed by atoms with Gasteiger partial charge in [0.05, 0.1) is 16.7 Å². The van der Waals surface area contributed by atoms with Gasteiger partial charge in [0.2, 0.25) is 18.6 Å². The van der Waals surface area contributed by atoms with Crippen LogP contribution in [0.2, 0.25) is 0 Å². The summed E-state index contributed by atoms with van der Waals surface area (Å²) in [6.07, 6.45) is 3.00. The molecular formula is C21H16N4O4. The van der Waals surface area contributed by atoms with Crippen molar-refractivity contribution in [2.45, 2.75) is 6.92 Å². The molecule has 4 aromatic rings. The van der Waals surface area contributed by atoms with E-state index >= 15 is 0 Å². The number of imidazole rings is 1. The van der Waals surface area contributed by atoms with Crippen LogP contribution in [-0.2, 0) is 4.79 Å². The molecule has 0 saturated heterocycles. The molecule has 0 spiro atoms. The number of fused-ring (bicyclic) bond motifs is 2. The fourth-order valence-corrected chi connectivity index (χ4v) is 3.06. The van der Waals surface area contributed by atoms with E-state index in [2.05, 4.69) is 15.1 Å². The Morgan fingerprint density at radius 3 is 2.93 bits per heavy atom. The van der Waals surface area contributed by atoms with Crippen molar-refractivity contribution in [3.63, 3.8) is 0 Å². The number of para-hydroxylation sites is 2. The highest BCUT2D eigenvalue weighted by molar-refractivity contribution is 5.88. The second-order valence-electron chi connectivity index (χ2n) is 6.48. The maximum atomic E-state index is 12.3. The van der Waals surface area contributed by atoms with E-state index in [0.717, 1.165) is 16.6 Å². The average Bonchev–Trinajstić information content (AvgIpc) is 3.43. The summed E-state index contributed by atoms with van der Waals surface area (Å²) < 4.78 is 17.6. The minimum Gasteiger partial charge on any atom is -0.454 e. The zero-order valence-electron chi connectivity index (χ0n) is 15.5. The fourth-order valence-electron chi connectivity index (χ4n) is 3.06. The summed E-state index contributed by atoms with van der Waals surface area (Å²) in [7, 11) is 0. The number of hydrogen-bond acceptors (Lipinski definition) is 6. The number of nitrogens with one attached hydrogen (secondary N) is 1. The molecular weight excluding hydrogens is 372 g/mol. The van der Waals surface area contributed by atoms with E-state index in [4.69, 9.17) is 14.2 Å². The normalized spacial score (nSPS) is 12.7. The Labute approximate surface area is 165 Å². The van der Waals surface area contributed by atoms with Gasteiger partial charge in [-0.05, 0) is 42.8 Å².